The van der Waals surface area contributed by atoms with E-state index >= 15 is 0 Å². The molecule has 13 nitrogen and oxygen atoms in total. The first-order valence-corrected chi connectivity index (χ1v) is 19.2. The maximum atomic E-state index is 13.8. The lowest BCUT2D eigenvalue weighted by atomic mass is 9.85. The SMILES string of the molecule is Cc1ncsc1-c1ccc(CNC(=O)C2CC(O)CN2C(=O)C(NC(=O)CCCCCOCCOCCOCCCCCC(=O)O)C(C)(C)C)cc1. The number of rotatable bonds is 24. The highest BCUT2D eigenvalue weighted by Gasteiger charge is 2.44. The lowest BCUT2D eigenvalue weighted by Gasteiger charge is -2.35. The number of nitrogens with one attached hydrogen (secondary N) is 2. The van der Waals surface area contributed by atoms with E-state index < -0.39 is 29.6 Å². The number of thiazole rings is 1. The summed E-state index contributed by atoms with van der Waals surface area (Å²) in [5, 5.41) is 25.0. The number of nitrogens with zero attached hydrogens (tertiary/aromatic N) is 2. The normalized spacial score (nSPS) is 16.5. The fourth-order valence-corrected chi connectivity index (χ4v) is 6.69. The number of aryl methyl sites for hydroxylation is 1. The van der Waals surface area contributed by atoms with Gasteiger partial charge in [0, 0.05) is 45.6 Å². The summed E-state index contributed by atoms with van der Waals surface area (Å²) in [6, 6.07) is 6.20. The summed E-state index contributed by atoms with van der Waals surface area (Å²) >= 11 is 1.58. The topological polar surface area (TPSA) is 177 Å². The Hall–Kier alpha value is -3.43. The van der Waals surface area contributed by atoms with Gasteiger partial charge in [0.25, 0.3) is 0 Å². The number of carbonyl (C=O) groups excluding carboxylic acids is 3. The molecule has 2 aromatic rings. The number of aliphatic carboxylic acids is 1. The lowest BCUT2D eigenvalue weighted by Crippen LogP contribution is -2.57. The number of ether oxygens (including phenoxy) is 3. The van der Waals surface area contributed by atoms with Gasteiger partial charge in [0.05, 0.1) is 48.6 Å². The largest absolute Gasteiger partial charge is 0.481 e. The van der Waals surface area contributed by atoms with Gasteiger partial charge in [-0.1, -0.05) is 57.9 Å². The van der Waals surface area contributed by atoms with Crippen LogP contribution in [0.3, 0.4) is 0 Å². The van der Waals surface area contributed by atoms with Crippen LogP contribution in [0.15, 0.2) is 29.8 Å². The van der Waals surface area contributed by atoms with Gasteiger partial charge in [0.15, 0.2) is 0 Å². The zero-order chi connectivity index (χ0) is 37.9. The van der Waals surface area contributed by atoms with Crippen molar-refractivity contribution in [2.75, 3.05) is 46.2 Å². The minimum absolute atomic E-state index is 0.0265. The van der Waals surface area contributed by atoms with E-state index in [-0.39, 0.29) is 50.1 Å². The van der Waals surface area contributed by atoms with Crippen LogP contribution in [0, 0.1) is 12.3 Å². The van der Waals surface area contributed by atoms with Crippen molar-refractivity contribution in [3.8, 4) is 10.4 Å². The summed E-state index contributed by atoms with van der Waals surface area (Å²) in [5.41, 5.74) is 4.14. The Balaban J connectivity index is 1.32. The molecule has 3 rings (SSSR count). The van der Waals surface area contributed by atoms with Crippen molar-refractivity contribution in [1.82, 2.24) is 20.5 Å². The van der Waals surface area contributed by atoms with E-state index in [4.69, 9.17) is 19.3 Å². The van der Waals surface area contributed by atoms with Crippen LogP contribution < -0.4 is 10.6 Å². The van der Waals surface area contributed by atoms with E-state index in [2.05, 4.69) is 15.6 Å². The summed E-state index contributed by atoms with van der Waals surface area (Å²) < 4.78 is 16.6. The number of hydrogen-bond acceptors (Lipinski definition) is 10. The van der Waals surface area contributed by atoms with E-state index in [1.807, 2.05) is 57.5 Å². The van der Waals surface area contributed by atoms with Gasteiger partial charge >= 0.3 is 5.97 Å². The fourth-order valence-electron chi connectivity index (χ4n) is 5.88. The quantitative estimate of drug-likeness (QED) is 0.112. The molecular weight excluding hydrogens is 689 g/mol. The minimum Gasteiger partial charge on any atom is -0.481 e. The Labute approximate surface area is 311 Å². The molecule has 1 saturated heterocycles. The van der Waals surface area contributed by atoms with Crippen LogP contribution in [-0.2, 0) is 39.9 Å². The average molecular weight is 747 g/mol. The molecule has 1 fully saturated rings. The zero-order valence-electron chi connectivity index (χ0n) is 31.2. The van der Waals surface area contributed by atoms with E-state index in [0.717, 1.165) is 47.4 Å². The van der Waals surface area contributed by atoms with Crippen LogP contribution in [-0.4, -0.2) is 108 Å². The van der Waals surface area contributed by atoms with Gasteiger partial charge in [-0.3, -0.25) is 19.2 Å². The molecule has 0 bridgehead atoms. The molecule has 0 spiro atoms. The molecule has 1 aromatic carbocycles. The highest BCUT2D eigenvalue weighted by molar-refractivity contribution is 7.13. The predicted octanol–water partition coefficient (Wildman–Crippen LogP) is 4.48. The maximum Gasteiger partial charge on any atom is 0.303 e. The van der Waals surface area contributed by atoms with E-state index in [0.29, 0.717) is 52.5 Å². The molecule has 14 heteroatoms. The van der Waals surface area contributed by atoms with E-state index in [1.165, 1.54) is 4.90 Å². The lowest BCUT2D eigenvalue weighted by molar-refractivity contribution is -0.144. The summed E-state index contributed by atoms with van der Waals surface area (Å²) in [7, 11) is 0. The van der Waals surface area contributed by atoms with Crippen molar-refractivity contribution in [1.29, 1.82) is 0 Å². The first kappa shape index (κ1) is 43.0. The van der Waals surface area contributed by atoms with Crippen molar-refractivity contribution < 1.29 is 43.6 Å². The molecule has 2 heterocycles. The molecular formula is C38H58N4O9S. The molecule has 290 valence electrons. The fraction of sp³-hybridized carbons (Fsp3) is 0.658. The van der Waals surface area contributed by atoms with Gasteiger partial charge < -0.3 is 40.0 Å². The summed E-state index contributed by atoms with van der Waals surface area (Å²) in [5.74, 6) is -1.72. The van der Waals surface area contributed by atoms with Gasteiger partial charge in [-0.05, 0) is 49.1 Å². The molecule has 52 heavy (non-hydrogen) atoms. The van der Waals surface area contributed by atoms with Crippen LogP contribution in [0.25, 0.3) is 10.4 Å². The first-order valence-electron chi connectivity index (χ1n) is 18.4. The van der Waals surface area contributed by atoms with Gasteiger partial charge in [0.1, 0.15) is 12.1 Å². The summed E-state index contributed by atoms with van der Waals surface area (Å²) in [4.78, 5) is 57.4. The number of carboxylic acids is 1. The van der Waals surface area contributed by atoms with Crippen molar-refractivity contribution in [3.05, 3.63) is 41.0 Å². The third-order valence-electron chi connectivity index (χ3n) is 8.83. The van der Waals surface area contributed by atoms with Gasteiger partial charge in [-0.15, -0.1) is 11.3 Å². The van der Waals surface area contributed by atoms with Gasteiger partial charge in [0.2, 0.25) is 17.7 Å². The molecule has 0 aliphatic carbocycles. The summed E-state index contributed by atoms with van der Waals surface area (Å²) in [6.45, 7) is 10.9. The minimum atomic E-state index is -0.860. The van der Waals surface area contributed by atoms with E-state index in [9.17, 15) is 24.3 Å². The number of unbranched alkanes of at least 4 members (excludes halogenated alkanes) is 4. The molecule has 3 amide bonds. The Kier molecular flexibility index (Phi) is 18.7. The maximum absolute atomic E-state index is 13.8. The Morgan fingerprint density at radius 3 is 2.06 bits per heavy atom. The number of hydrogen-bond donors (Lipinski definition) is 4. The predicted molar refractivity (Wildman–Crippen MR) is 199 cm³/mol. The van der Waals surface area contributed by atoms with Crippen molar-refractivity contribution in [2.24, 2.45) is 5.41 Å². The van der Waals surface area contributed by atoms with Gasteiger partial charge in [-0.25, -0.2) is 4.98 Å². The number of aliphatic hydroxyl groups is 1. The summed E-state index contributed by atoms with van der Waals surface area (Å²) in [6.07, 6.45) is 4.32. The zero-order valence-corrected chi connectivity index (χ0v) is 32.0. The van der Waals surface area contributed by atoms with Crippen molar-refractivity contribution in [2.45, 2.75) is 110 Å². The molecule has 1 aromatic heterocycles. The van der Waals surface area contributed by atoms with Crippen LogP contribution in [0.1, 0.15) is 89.8 Å². The number of aromatic nitrogens is 1. The molecule has 4 N–H and O–H groups in total. The van der Waals surface area contributed by atoms with Crippen LogP contribution >= 0.6 is 11.3 Å². The second-order valence-electron chi connectivity index (χ2n) is 14.3. The second-order valence-corrected chi connectivity index (χ2v) is 15.2. The number of carbonyl (C=O) groups is 4. The van der Waals surface area contributed by atoms with Crippen LogP contribution in [0.4, 0.5) is 0 Å². The third kappa shape index (κ3) is 15.3. The molecule has 0 radical (unpaired) electrons. The highest BCUT2D eigenvalue weighted by atomic mass is 32.1. The van der Waals surface area contributed by atoms with E-state index in [1.54, 1.807) is 11.3 Å². The second kappa shape index (κ2) is 22.6. The van der Waals surface area contributed by atoms with Crippen molar-refractivity contribution >= 4 is 35.0 Å². The smallest absolute Gasteiger partial charge is 0.303 e. The third-order valence-corrected chi connectivity index (χ3v) is 9.80. The Morgan fingerprint density at radius 1 is 0.904 bits per heavy atom. The number of likely N-dealkylation sites (tertiary alicyclic amines) is 1. The molecule has 1 aliphatic rings. The number of carboxylic acid groups (broad SMARTS) is 1. The highest BCUT2D eigenvalue weighted by Crippen LogP contribution is 2.28. The average Bonchev–Trinajstić information content (AvgIpc) is 3.72. The van der Waals surface area contributed by atoms with Crippen molar-refractivity contribution in [3.63, 3.8) is 0 Å². The first-order chi connectivity index (χ1) is 24.9. The molecule has 0 saturated carbocycles. The molecule has 1 aliphatic heterocycles. The van der Waals surface area contributed by atoms with Gasteiger partial charge in [-0.2, -0.15) is 0 Å². The van der Waals surface area contributed by atoms with Crippen LogP contribution in [0.5, 0.6) is 0 Å². The number of benzene rings is 1. The Morgan fingerprint density at radius 2 is 1.50 bits per heavy atom. The Bertz CT molecular complexity index is 1400. The number of amides is 3. The molecule has 3 unspecified atom stereocenters. The monoisotopic (exact) mass is 746 g/mol. The molecule has 3 atom stereocenters. The number of β-amino-alcohol motifs (C(OH)–C–C–N with tert-alkyl or cyclic N) is 1. The standard InChI is InChI=1S/C38H58N4O9S/c1-27-34(52-26-40-27)29-15-13-28(14-16-29)24-39-36(47)31-23-30(43)25-42(31)37(48)35(38(2,3)4)41-32(44)11-7-5-9-17-49-19-21-51-22-20-50-18-10-6-8-12-33(45)46/h13-16,26,30-31,35,43H,5-12,17-25H2,1-4H3,(H,39,47)(H,41,44)(H,45,46). The number of aliphatic hydroxyl groups excluding tert-OH is 1. The van der Waals surface area contributed by atoms with Crippen LogP contribution in [0.2, 0.25) is 0 Å².